The zero-order valence-corrected chi connectivity index (χ0v) is 15.2. The van der Waals surface area contributed by atoms with Crippen LogP contribution in [0, 0.1) is 0 Å². The molecule has 0 bridgehead atoms. The van der Waals surface area contributed by atoms with E-state index in [0.717, 1.165) is 48.0 Å². The van der Waals surface area contributed by atoms with Crippen LogP contribution < -0.4 is 19.7 Å². The van der Waals surface area contributed by atoms with E-state index in [-0.39, 0.29) is 12.7 Å². The molecule has 1 amide bonds. The van der Waals surface area contributed by atoms with Gasteiger partial charge >= 0.3 is 0 Å². The lowest BCUT2D eigenvalue weighted by Gasteiger charge is -2.31. The second-order valence-electron chi connectivity index (χ2n) is 7.21. The number of hydrogen-bond donors (Lipinski definition) is 1. The highest BCUT2D eigenvalue weighted by Gasteiger charge is 2.27. The van der Waals surface area contributed by atoms with Gasteiger partial charge in [-0.2, -0.15) is 0 Å². The molecule has 3 aliphatic heterocycles. The number of rotatable bonds is 3. The molecule has 5 rings (SSSR count). The van der Waals surface area contributed by atoms with Crippen LogP contribution in [0.5, 0.6) is 11.5 Å². The Morgan fingerprint density at radius 3 is 2.81 bits per heavy atom. The maximum Gasteiger partial charge on any atom is 0.270 e. The lowest BCUT2D eigenvalue weighted by molar-refractivity contribution is 0.0940. The van der Waals surface area contributed by atoms with Gasteiger partial charge in [0.2, 0.25) is 6.79 Å². The van der Waals surface area contributed by atoms with E-state index in [1.165, 1.54) is 19.3 Å². The van der Waals surface area contributed by atoms with E-state index in [4.69, 9.17) is 14.5 Å². The molecule has 27 heavy (non-hydrogen) atoms. The highest BCUT2D eigenvalue weighted by Crippen LogP contribution is 2.33. The number of fused-ring (bicyclic) bond motifs is 2. The second-order valence-corrected chi connectivity index (χ2v) is 7.21. The topological polar surface area (TPSA) is 76.6 Å². The van der Waals surface area contributed by atoms with Crippen LogP contribution in [0.15, 0.2) is 18.2 Å². The van der Waals surface area contributed by atoms with Gasteiger partial charge in [0.1, 0.15) is 17.3 Å². The van der Waals surface area contributed by atoms with Gasteiger partial charge in [0.25, 0.3) is 5.91 Å². The van der Waals surface area contributed by atoms with Gasteiger partial charge < -0.3 is 19.7 Å². The predicted octanol–water partition coefficient (Wildman–Crippen LogP) is 2.07. The van der Waals surface area contributed by atoms with Gasteiger partial charge in [-0.05, 0) is 43.4 Å². The second kappa shape index (κ2) is 6.72. The third kappa shape index (κ3) is 3.07. The lowest BCUT2D eigenvalue weighted by Crippen LogP contribution is -2.37. The highest BCUT2D eigenvalue weighted by atomic mass is 16.7. The molecule has 1 fully saturated rings. The molecule has 7 heteroatoms. The third-order valence-corrected chi connectivity index (χ3v) is 5.36. The summed E-state index contributed by atoms with van der Waals surface area (Å²) in [5, 5.41) is 2.91. The number of anilines is 1. The van der Waals surface area contributed by atoms with Crippen LogP contribution in [0.25, 0.3) is 0 Å². The number of carbonyl (C=O) groups excluding carboxylic acids is 1. The fourth-order valence-electron chi connectivity index (χ4n) is 4.00. The smallest absolute Gasteiger partial charge is 0.270 e. The SMILES string of the molecule is O=C1NCCc2c1nc(Cc1ccc3c(c1)OCO3)nc2N1CCCCC1. The van der Waals surface area contributed by atoms with E-state index in [2.05, 4.69) is 15.2 Å². The van der Waals surface area contributed by atoms with Crippen molar-refractivity contribution in [3.8, 4) is 11.5 Å². The van der Waals surface area contributed by atoms with Crippen molar-refractivity contribution in [2.24, 2.45) is 0 Å². The maximum absolute atomic E-state index is 12.4. The van der Waals surface area contributed by atoms with Crippen LogP contribution in [-0.2, 0) is 12.8 Å². The van der Waals surface area contributed by atoms with Crippen LogP contribution in [0.2, 0.25) is 0 Å². The summed E-state index contributed by atoms with van der Waals surface area (Å²) in [5.41, 5.74) is 2.57. The summed E-state index contributed by atoms with van der Waals surface area (Å²) in [4.78, 5) is 24.3. The molecule has 0 radical (unpaired) electrons. The first-order valence-electron chi connectivity index (χ1n) is 9.59. The summed E-state index contributed by atoms with van der Waals surface area (Å²) in [6.07, 6.45) is 4.94. The number of nitrogens with zero attached hydrogens (tertiary/aromatic N) is 3. The van der Waals surface area contributed by atoms with E-state index in [1.54, 1.807) is 0 Å². The van der Waals surface area contributed by atoms with Crippen LogP contribution in [0.1, 0.15) is 46.7 Å². The average Bonchev–Trinajstić information content (AvgIpc) is 3.17. The Labute approximate surface area is 157 Å². The van der Waals surface area contributed by atoms with Crippen molar-refractivity contribution in [3.63, 3.8) is 0 Å². The Hall–Kier alpha value is -2.83. The number of amides is 1. The van der Waals surface area contributed by atoms with Crippen molar-refractivity contribution in [2.75, 3.05) is 31.3 Å². The van der Waals surface area contributed by atoms with Gasteiger partial charge in [-0.1, -0.05) is 6.07 Å². The molecule has 1 aromatic carbocycles. The normalized spacial score (nSPS) is 18.2. The summed E-state index contributed by atoms with van der Waals surface area (Å²) in [6, 6.07) is 5.87. The molecule has 3 aliphatic rings. The Morgan fingerprint density at radius 1 is 1.07 bits per heavy atom. The summed E-state index contributed by atoms with van der Waals surface area (Å²) >= 11 is 0. The number of nitrogens with one attached hydrogen (secondary N) is 1. The number of ether oxygens (including phenoxy) is 2. The van der Waals surface area contributed by atoms with Gasteiger partial charge in [-0.15, -0.1) is 0 Å². The van der Waals surface area contributed by atoms with Crippen LogP contribution in [-0.4, -0.2) is 42.3 Å². The highest BCUT2D eigenvalue weighted by molar-refractivity contribution is 5.96. The first-order valence-corrected chi connectivity index (χ1v) is 9.59. The molecule has 140 valence electrons. The first kappa shape index (κ1) is 16.4. The van der Waals surface area contributed by atoms with Crippen molar-refractivity contribution >= 4 is 11.7 Å². The fraction of sp³-hybridized carbons (Fsp3) is 0.450. The Bertz CT molecular complexity index is 893. The molecule has 0 spiro atoms. The van der Waals surface area contributed by atoms with Crippen LogP contribution >= 0.6 is 0 Å². The molecule has 1 N–H and O–H groups in total. The zero-order valence-electron chi connectivity index (χ0n) is 15.2. The molecule has 7 nitrogen and oxygen atoms in total. The summed E-state index contributed by atoms with van der Waals surface area (Å²) in [7, 11) is 0. The third-order valence-electron chi connectivity index (χ3n) is 5.36. The molecule has 1 aromatic heterocycles. The van der Waals surface area contributed by atoms with E-state index in [9.17, 15) is 4.79 Å². The number of aromatic nitrogens is 2. The van der Waals surface area contributed by atoms with Gasteiger partial charge in [0.05, 0.1) is 0 Å². The molecular weight excluding hydrogens is 344 g/mol. The van der Waals surface area contributed by atoms with Crippen molar-refractivity contribution in [3.05, 3.63) is 40.8 Å². The fourth-order valence-corrected chi connectivity index (χ4v) is 4.00. The number of piperidine rings is 1. The predicted molar refractivity (Wildman–Crippen MR) is 99.5 cm³/mol. The average molecular weight is 366 g/mol. The van der Waals surface area contributed by atoms with E-state index < -0.39 is 0 Å². The quantitative estimate of drug-likeness (QED) is 0.896. The molecule has 1 saturated heterocycles. The number of benzene rings is 1. The van der Waals surface area contributed by atoms with Crippen LogP contribution in [0.4, 0.5) is 5.82 Å². The molecule has 4 heterocycles. The van der Waals surface area contributed by atoms with Gasteiger partial charge in [0, 0.05) is 31.6 Å². The minimum absolute atomic E-state index is 0.0937. The van der Waals surface area contributed by atoms with Crippen molar-refractivity contribution in [1.82, 2.24) is 15.3 Å². The summed E-state index contributed by atoms with van der Waals surface area (Å²) < 4.78 is 10.8. The van der Waals surface area contributed by atoms with Gasteiger partial charge in [-0.3, -0.25) is 4.79 Å². The molecule has 0 atom stereocenters. The van der Waals surface area contributed by atoms with E-state index >= 15 is 0 Å². The van der Waals surface area contributed by atoms with Crippen LogP contribution in [0.3, 0.4) is 0 Å². The lowest BCUT2D eigenvalue weighted by atomic mass is 10.0. The monoisotopic (exact) mass is 366 g/mol. The van der Waals surface area contributed by atoms with Gasteiger partial charge in [0.15, 0.2) is 11.5 Å². The van der Waals surface area contributed by atoms with Crippen molar-refractivity contribution < 1.29 is 14.3 Å². The standard InChI is InChI=1S/C20H22N4O3/c25-20-18-14(6-7-21-20)19(24-8-2-1-3-9-24)23-17(22-18)11-13-4-5-15-16(10-13)27-12-26-15/h4-5,10H,1-3,6-9,11-12H2,(H,21,25). The minimum atomic E-state index is -0.0937. The van der Waals surface area contributed by atoms with Crippen molar-refractivity contribution in [2.45, 2.75) is 32.1 Å². The number of carbonyl (C=O) groups is 1. The largest absolute Gasteiger partial charge is 0.454 e. The molecule has 0 aliphatic carbocycles. The minimum Gasteiger partial charge on any atom is -0.454 e. The van der Waals surface area contributed by atoms with Crippen molar-refractivity contribution in [1.29, 1.82) is 0 Å². The van der Waals surface area contributed by atoms with E-state index in [0.29, 0.717) is 24.5 Å². The zero-order chi connectivity index (χ0) is 18.2. The molecular formula is C20H22N4O3. The maximum atomic E-state index is 12.4. The Kier molecular flexibility index (Phi) is 4.07. The molecule has 2 aromatic rings. The molecule has 0 saturated carbocycles. The Morgan fingerprint density at radius 2 is 1.93 bits per heavy atom. The Balaban J connectivity index is 1.52. The number of hydrogen-bond acceptors (Lipinski definition) is 6. The van der Waals surface area contributed by atoms with E-state index in [1.807, 2.05) is 18.2 Å². The summed E-state index contributed by atoms with van der Waals surface area (Å²) in [6.45, 7) is 2.90. The molecule has 0 unspecified atom stereocenters. The van der Waals surface area contributed by atoms with Gasteiger partial charge in [-0.25, -0.2) is 9.97 Å². The summed E-state index contributed by atoms with van der Waals surface area (Å²) in [5.74, 6) is 3.04. The first-order chi connectivity index (χ1) is 13.3.